The van der Waals surface area contributed by atoms with E-state index in [-0.39, 0.29) is 11.4 Å². The third-order valence-electron chi connectivity index (χ3n) is 3.12. The minimum atomic E-state index is -0.311. The molecule has 0 aliphatic carbocycles. The van der Waals surface area contributed by atoms with Gasteiger partial charge in [-0.3, -0.25) is 4.79 Å². The summed E-state index contributed by atoms with van der Waals surface area (Å²) in [6, 6.07) is 13.2. The first-order valence-electron chi connectivity index (χ1n) is 5.88. The molecule has 0 saturated heterocycles. The number of halogens is 1. The highest BCUT2D eigenvalue weighted by atomic mass is 19.1. The van der Waals surface area contributed by atoms with E-state index >= 15 is 0 Å². The van der Waals surface area contributed by atoms with Crippen LogP contribution in [0, 0.1) is 5.82 Å². The molecule has 19 heavy (non-hydrogen) atoms. The summed E-state index contributed by atoms with van der Waals surface area (Å²) in [5.74, 6) is 0.221. The van der Waals surface area contributed by atoms with Gasteiger partial charge in [-0.05, 0) is 36.4 Å². The molecule has 3 rings (SSSR count). The van der Waals surface area contributed by atoms with Gasteiger partial charge in [0.2, 0.25) is 0 Å². The summed E-state index contributed by atoms with van der Waals surface area (Å²) >= 11 is 0. The maximum Gasteiger partial charge on any atom is 0.281 e. The maximum absolute atomic E-state index is 12.9. The smallest absolute Gasteiger partial charge is 0.281 e. The summed E-state index contributed by atoms with van der Waals surface area (Å²) in [5.41, 5.74) is 1.25. The molecule has 0 aliphatic heterocycles. The van der Waals surface area contributed by atoms with Gasteiger partial charge in [0, 0.05) is 12.6 Å². The Morgan fingerprint density at radius 2 is 1.74 bits per heavy atom. The van der Waals surface area contributed by atoms with Crippen LogP contribution in [0.4, 0.5) is 4.39 Å². The van der Waals surface area contributed by atoms with E-state index in [1.807, 2.05) is 29.8 Å². The molecule has 0 spiro atoms. The Morgan fingerprint density at radius 3 is 2.47 bits per heavy atom. The number of hydrogen-bond acceptors (Lipinski definition) is 2. The highest BCUT2D eigenvalue weighted by Gasteiger charge is 2.09. The van der Waals surface area contributed by atoms with Gasteiger partial charge in [-0.25, -0.2) is 4.39 Å². The Balaban J connectivity index is 2.33. The molecule has 4 heteroatoms. The van der Waals surface area contributed by atoms with Crippen molar-refractivity contribution >= 4 is 10.9 Å². The van der Waals surface area contributed by atoms with Crippen LogP contribution < -0.4 is 5.56 Å². The van der Waals surface area contributed by atoms with Crippen LogP contribution in [0.25, 0.3) is 22.3 Å². The van der Waals surface area contributed by atoms with Crippen molar-refractivity contribution in [2.75, 3.05) is 0 Å². The van der Waals surface area contributed by atoms with Crippen molar-refractivity contribution in [3.8, 4) is 11.4 Å². The highest BCUT2D eigenvalue weighted by Crippen LogP contribution is 2.19. The number of aryl methyl sites for hydroxylation is 1. The lowest BCUT2D eigenvalue weighted by Gasteiger charge is -2.10. The van der Waals surface area contributed by atoms with Crippen molar-refractivity contribution in [1.29, 1.82) is 0 Å². The molecular weight excluding hydrogens is 243 g/mol. The van der Waals surface area contributed by atoms with Gasteiger partial charge in [-0.2, -0.15) is 4.98 Å². The highest BCUT2D eigenvalue weighted by molar-refractivity contribution is 5.80. The van der Waals surface area contributed by atoms with Crippen molar-refractivity contribution < 1.29 is 4.39 Å². The zero-order valence-electron chi connectivity index (χ0n) is 10.3. The van der Waals surface area contributed by atoms with E-state index in [4.69, 9.17) is 0 Å². The molecule has 2 aromatic carbocycles. The van der Waals surface area contributed by atoms with Crippen molar-refractivity contribution in [3.05, 3.63) is 64.7 Å². The largest absolute Gasteiger partial charge is 0.328 e. The molecule has 1 heterocycles. The van der Waals surface area contributed by atoms with Crippen LogP contribution in [0.2, 0.25) is 0 Å². The van der Waals surface area contributed by atoms with Crippen molar-refractivity contribution in [3.63, 3.8) is 0 Å². The van der Waals surface area contributed by atoms with E-state index in [1.54, 1.807) is 18.2 Å². The molecule has 0 unspecified atom stereocenters. The lowest BCUT2D eigenvalue weighted by Crippen LogP contribution is -2.14. The fourth-order valence-corrected chi connectivity index (χ4v) is 2.15. The molecule has 94 valence electrons. The Bertz CT molecular complexity index is 806. The van der Waals surface area contributed by atoms with Crippen molar-refractivity contribution in [1.82, 2.24) is 9.55 Å². The first kappa shape index (κ1) is 11.6. The monoisotopic (exact) mass is 254 g/mol. The van der Waals surface area contributed by atoms with Crippen molar-refractivity contribution in [2.45, 2.75) is 0 Å². The average Bonchev–Trinajstić information content (AvgIpc) is 2.44. The normalized spacial score (nSPS) is 10.8. The summed E-state index contributed by atoms with van der Waals surface area (Å²) in [6.07, 6.45) is 0. The van der Waals surface area contributed by atoms with E-state index in [0.717, 1.165) is 5.52 Å². The molecule has 0 atom stereocenters. The van der Waals surface area contributed by atoms with E-state index in [2.05, 4.69) is 4.98 Å². The second-order valence-corrected chi connectivity index (χ2v) is 4.32. The predicted octanol–water partition coefficient (Wildman–Crippen LogP) is 2.74. The third-order valence-corrected chi connectivity index (χ3v) is 3.12. The Labute approximate surface area is 109 Å². The van der Waals surface area contributed by atoms with Gasteiger partial charge in [-0.15, -0.1) is 0 Å². The molecular formula is C15H11FN2O. The molecule has 0 bridgehead atoms. The van der Waals surface area contributed by atoms with Gasteiger partial charge in [0.25, 0.3) is 5.56 Å². The van der Waals surface area contributed by atoms with Gasteiger partial charge in [0.1, 0.15) is 11.6 Å². The molecule has 0 fully saturated rings. The number of fused-ring (bicyclic) bond motifs is 1. The van der Waals surface area contributed by atoms with E-state index in [9.17, 15) is 9.18 Å². The number of nitrogens with zero attached hydrogens (tertiary/aromatic N) is 2. The molecule has 3 nitrogen and oxygen atoms in total. The zero-order valence-corrected chi connectivity index (χ0v) is 10.3. The lowest BCUT2D eigenvalue weighted by molar-refractivity contribution is 0.628. The Morgan fingerprint density at radius 1 is 1.05 bits per heavy atom. The third kappa shape index (κ3) is 1.91. The van der Waals surface area contributed by atoms with Gasteiger partial charge in [0.15, 0.2) is 0 Å². The molecule has 1 aromatic heterocycles. The van der Waals surface area contributed by atoms with Gasteiger partial charge >= 0.3 is 0 Å². The number of rotatable bonds is 1. The molecule has 3 aromatic rings. The Kier molecular flexibility index (Phi) is 2.63. The summed E-state index contributed by atoms with van der Waals surface area (Å²) in [5, 5.41) is 0.580. The first-order valence-corrected chi connectivity index (χ1v) is 5.88. The summed E-state index contributed by atoms with van der Waals surface area (Å²) in [7, 11) is 1.84. The Hall–Kier alpha value is -2.49. The number of hydrogen-bond donors (Lipinski definition) is 0. The predicted molar refractivity (Wildman–Crippen MR) is 72.4 cm³/mol. The summed E-state index contributed by atoms with van der Waals surface area (Å²) in [4.78, 5) is 16.1. The average molecular weight is 254 g/mol. The topological polar surface area (TPSA) is 34.9 Å². The van der Waals surface area contributed by atoms with Crippen LogP contribution in [-0.4, -0.2) is 9.55 Å². The fourth-order valence-electron chi connectivity index (χ4n) is 2.15. The molecule has 0 N–H and O–H groups in total. The van der Waals surface area contributed by atoms with E-state index in [0.29, 0.717) is 16.8 Å². The summed E-state index contributed by atoms with van der Waals surface area (Å²) < 4.78 is 14.8. The fraction of sp³-hybridized carbons (Fsp3) is 0.0667. The van der Waals surface area contributed by atoms with Crippen LogP contribution >= 0.6 is 0 Å². The standard InChI is InChI=1S/C15H11FN2O/c1-18-13-5-3-2-4-12(13)15(19)17-14(18)10-6-8-11(16)9-7-10/h2-9H,1H3. The molecule has 0 radical (unpaired) electrons. The van der Waals surface area contributed by atoms with E-state index < -0.39 is 0 Å². The maximum atomic E-state index is 12.9. The number of benzene rings is 2. The van der Waals surface area contributed by atoms with Crippen LogP contribution in [0.1, 0.15) is 0 Å². The number of para-hydroxylation sites is 1. The first-order chi connectivity index (χ1) is 9.16. The van der Waals surface area contributed by atoms with E-state index in [1.165, 1.54) is 12.1 Å². The molecule has 0 amide bonds. The second kappa shape index (κ2) is 4.31. The van der Waals surface area contributed by atoms with Gasteiger partial charge in [-0.1, -0.05) is 12.1 Å². The van der Waals surface area contributed by atoms with Crippen LogP contribution in [0.5, 0.6) is 0 Å². The quantitative estimate of drug-likeness (QED) is 0.669. The zero-order chi connectivity index (χ0) is 13.4. The SMILES string of the molecule is Cn1c(-c2ccc(F)cc2)nc(=O)c2ccccc21. The minimum Gasteiger partial charge on any atom is -0.328 e. The van der Waals surface area contributed by atoms with Crippen molar-refractivity contribution in [2.24, 2.45) is 7.05 Å². The number of aromatic nitrogens is 2. The second-order valence-electron chi connectivity index (χ2n) is 4.32. The molecule has 0 saturated carbocycles. The van der Waals surface area contributed by atoms with Gasteiger partial charge < -0.3 is 4.57 Å². The summed E-state index contributed by atoms with van der Waals surface area (Å²) in [6.45, 7) is 0. The van der Waals surface area contributed by atoms with Crippen LogP contribution in [0.3, 0.4) is 0 Å². The van der Waals surface area contributed by atoms with Crippen LogP contribution in [-0.2, 0) is 7.05 Å². The minimum absolute atomic E-state index is 0.270. The van der Waals surface area contributed by atoms with Crippen LogP contribution in [0.15, 0.2) is 53.3 Å². The molecule has 0 aliphatic rings. The van der Waals surface area contributed by atoms with Gasteiger partial charge in [0.05, 0.1) is 10.9 Å². The lowest BCUT2D eigenvalue weighted by atomic mass is 10.2.